The van der Waals surface area contributed by atoms with Crippen molar-refractivity contribution >= 4 is 27.3 Å². The van der Waals surface area contributed by atoms with Crippen LogP contribution in [0.5, 0.6) is 5.75 Å². The molecule has 0 fully saturated rings. The van der Waals surface area contributed by atoms with E-state index in [1.165, 1.54) is 30.6 Å². The Morgan fingerprint density at radius 2 is 2.02 bits per heavy atom. The van der Waals surface area contributed by atoms with Crippen LogP contribution in [0.25, 0.3) is 44.0 Å². The summed E-state index contributed by atoms with van der Waals surface area (Å²) in [5.41, 5.74) is 3.45. The Bertz CT molecular complexity index is 1830. The molecule has 5 heterocycles. The number of thiophene rings is 1. The predicted octanol–water partition coefficient (Wildman–Crippen LogP) is 5.62. The number of benzene rings is 1. The van der Waals surface area contributed by atoms with Gasteiger partial charge in [-0.2, -0.15) is 5.10 Å². The molecular formula is C30H28F2N6O3S. The van der Waals surface area contributed by atoms with Crippen LogP contribution in [0.4, 0.5) is 8.78 Å². The molecule has 9 nitrogen and oxygen atoms in total. The van der Waals surface area contributed by atoms with Crippen LogP contribution in [0.1, 0.15) is 18.7 Å². The minimum absolute atomic E-state index is 0.0352. The highest BCUT2D eigenvalue weighted by atomic mass is 32.1. The number of aromatic nitrogens is 5. The molecule has 0 bridgehead atoms. The Labute approximate surface area is 244 Å². The Hall–Kier alpha value is -4.42. The van der Waals surface area contributed by atoms with E-state index in [1.54, 1.807) is 11.2 Å². The van der Waals surface area contributed by atoms with Crippen molar-refractivity contribution in [3.05, 3.63) is 72.2 Å². The molecule has 0 saturated heterocycles. The molecule has 6 rings (SSSR count). The summed E-state index contributed by atoms with van der Waals surface area (Å²) in [5, 5.41) is 7.57. The van der Waals surface area contributed by atoms with Crippen molar-refractivity contribution in [1.82, 2.24) is 29.2 Å². The molecule has 0 saturated carbocycles. The highest BCUT2D eigenvalue weighted by Gasteiger charge is 2.30. The average Bonchev–Trinajstić information content (AvgIpc) is 3.72. The molecule has 4 aromatic heterocycles. The topological polar surface area (TPSA) is 87.3 Å². The summed E-state index contributed by atoms with van der Waals surface area (Å²) in [6.45, 7) is 6.72. The predicted molar refractivity (Wildman–Crippen MR) is 156 cm³/mol. The van der Waals surface area contributed by atoms with Gasteiger partial charge in [0, 0.05) is 54.7 Å². The van der Waals surface area contributed by atoms with Crippen LogP contribution < -0.4 is 4.74 Å². The van der Waals surface area contributed by atoms with Gasteiger partial charge in [0.05, 0.1) is 42.5 Å². The number of nitrogens with zero attached hydrogens (tertiary/aromatic N) is 6. The summed E-state index contributed by atoms with van der Waals surface area (Å²) >= 11 is 1.41. The number of imidazole rings is 1. The lowest BCUT2D eigenvalue weighted by Crippen LogP contribution is -2.39. The number of aryl methyl sites for hydroxylation is 1. The molecule has 42 heavy (non-hydrogen) atoms. The SMILES string of the molecule is C=CC(=O)N1Cc2cc(-c3nc(-c4cn(C)cn4)c4ccsc4c3-c3c(F)cc(F)cc3OCCOC)nn2C(C)C1. The van der Waals surface area contributed by atoms with E-state index in [-0.39, 0.29) is 36.5 Å². The van der Waals surface area contributed by atoms with Crippen molar-refractivity contribution in [2.24, 2.45) is 7.05 Å². The zero-order valence-electron chi connectivity index (χ0n) is 23.3. The highest BCUT2D eigenvalue weighted by molar-refractivity contribution is 7.18. The maximum Gasteiger partial charge on any atom is 0.246 e. The van der Waals surface area contributed by atoms with Crippen molar-refractivity contribution in [3.63, 3.8) is 0 Å². The number of fused-ring (bicyclic) bond motifs is 2. The number of pyridine rings is 1. The highest BCUT2D eigenvalue weighted by Crippen LogP contribution is 2.47. The number of carbonyl (C=O) groups is 1. The van der Waals surface area contributed by atoms with Gasteiger partial charge in [0.1, 0.15) is 41.1 Å². The van der Waals surface area contributed by atoms with Gasteiger partial charge < -0.3 is 18.9 Å². The molecule has 1 atom stereocenters. The first kappa shape index (κ1) is 27.7. The molecule has 0 N–H and O–H groups in total. The van der Waals surface area contributed by atoms with Crippen LogP contribution in [-0.4, -0.2) is 62.0 Å². The molecule has 1 aromatic carbocycles. The second kappa shape index (κ2) is 11.1. The zero-order valence-corrected chi connectivity index (χ0v) is 24.1. The fourth-order valence-electron chi connectivity index (χ4n) is 5.32. The van der Waals surface area contributed by atoms with Gasteiger partial charge in [-0.15, -0.1) is 11.3 Å². The molecule has 0 radical (unpaired) electrons. The number of halogens is 2. The number of carbonyl (C=O) groups excluding carboxylic acids is 1. The number of ether oxygens (including phenoxy) is 2. The standard InChI is InChI=1S/C30H28F2N6O3S/c1-5-25(39)37-13-17(2)38-19(14-37)12-22(35-38)29-27(26-21(32)10-18(31)11-24(26)41-8-7-40-4)30-20(6-9-42-30)28(34-29)23-15-36(3)16-33-23/h5-6,9-12,15-17H,1,7-8,13-14H2,2-4H3. The van der Waals surface area contributed by atoms with Gasteiger partial charge in [-0.25, -0.2) is 18.7 Å². The lowest BCUT2D eigenvalue weighted by molar-refractivity contribution is -0.127. The van der Waals surface area contributed by atoms with Crippen LogP contribution in [0.3, 0.4) is 0 Å². The fourth-order valence-corrected chi connectivity index (χ4v) is 6.26. The second-order valence-electron chi connectivity index (χ2n) is 10.1. The number of methoxy groups -OCH3 is 1. The molecular weight excluding hydrogens is 562 g/mol. The molecule has 0 spiro atoms. The van der Waals surface area contributed by atoms with Crippen LogP contribution in [-0.2, 0) is 23.1 Å². The van der Waals surface area contributed by atoms with Gasteiger partial charge in [-0.3, -0.25) is 9.48 Å². The molecule has 1 aliphatic heterocycles. The summed E-state index contributed by atoms with van der Waals surface area (Å²) in [6, 6.07) is 5.66. The molecule has 0 aliphatic carbocycles. The smallest absolute Gasteiger partial charge is 0.246 e. The van der Waals surface area contributed by atoms with Gasteiger partial charge in [0.15, 0.2) is 0 Å². The van der Waals surface area contributed by atoms with Crippen molar-refractivity contribution < 1.29 is 23.0 Å². The average molecular weight is 591 g/mol. The largest absolute Gasteiger partial charge is 0.490 e. The quantitative estimate of drug-likeness (QED) is 0.172. The summed E-state index contributed by atoms with van der Waals surface area (Å²) in [4.78, 5) is 23.7. The first-order valence-electron chi connectivity index (χ1n) is 13.3. The maximum absolute atomic E-state index is 15.9. The zero-order chi connectivity index (χ0) is 29.5. The first-order chi connectivity index (χ1) is 20.3. The molecule has 5 aromatic rings. The molecule has 216 valence electrons. The maximum atomic E-state index is 15.9. The van der Waals surface area contributed by atoms with Crippen LogP contribution in [0.2, 0.25) is 0 Å². The fraction of sp³-hybridized carbons (Fsp3) is 0.267. The lowest BCUT2D eigenvalue weighted by Gasteiger charge is -2.31. The third-order valence-corrected chi connectivity index (χ3v) is 8.10. The van der Waals surface area contributed by atoms with Crippen LogP contribution in [0, 0.1) is 11.6 Å². The van der Waals surface area contributed by atoms with E-state index >= 15 is 4.39 Å². The minimum atomic E-state index is -0.786. The summed E-state index contributed by atoms with van der Waals surface area (Å²) < 4.78 is 45.7. The number of hydrogen-bond acceptors (Lipinski definition) is 7. The Balaban J connectivity index is 1.63. The van der Waals surface area contributed by atoms with Crippen molar-refractivity contribution in [3.8, 4) is 39.7 Å². The van der Waals surface area contributed by atoms with E-state index in [0.717, 1.165) is 21.8 Å². The molecule has 1 unspecified atom stereocenters. The van der Waals surface area contributed by atoms with E-state index in [9.17, 15) is 9.18 Å². The van der Waals surface area contributed by atoms with Crippen molar-refractivity contribution in [2.45, 2.75) is 19.5 Å². The van der Waals surface area contributed by atoms with Gasteiger partial charge >= 0.3 is 0 Å². The van der Waals surface area contributed by atoms with Gasteiger partial charge in [0.2, 0.25) is 5.91 Å². The summed E-state index contributed by atoms with van der Waals surface area (Å²) in [5.74, 6) is -1.68. The van der Waals surface area contributed by atoms with Crippen molar-refractivity contribution in [2.75, 3.05) is 26.9 Å². The monoisotopic (exact) mass is 590 g/mol. The van der Waals surface area contributed by atoms with E-state index < -0.39 is 11.6 Å². The Kier molecular flexibility index (Phi) is 7.33. The third-order valence-electron chi connectivity index (χ3n) is 7.17. The number of rotatable bonds is 8. The summed E-state index contributed by atoms with van der Waals surface area (Å²) in [6.07, 6.45) is 4.84. The van der Waals surface area contributed by atoms with E-state index in [4.69, 9.17) is 19.6 Å². The summed E-state index contributed by atoms with van der Waals surface area (Å²) in [7, 11) is 3.39. The first-order valence-corrected chi connectivity index (χ1v) is 14.2. The van der Waals surface area contributed by atoms with Gasteiger partial charge in [-0.1, -0.05) is 6.58 Å². The van der Waals surface area contributed by atoms with Crippen molar-refractivity contribution in [1.29, 1.82) is 0 Å². The molecule has 12 heteroatoms. The lowest BCUT2D eigenvalue weighted by atomic mass is 9.97. The normalized spacial score (nSPS) is 14.8. The minimum Gasteiger partial charge on any atom is -0.490 e. The molecule has 1 amide bonds. The van der Waals surface area contributed by atoms with E-state index in [0.29, 0.717) is 41.4 Å². The Morgan fingerprint density at radius 3 is 2.76 bits per heavy atom. The van der Waals surface area contributed by atoms with E-state index in [1.807, 2.05) is 46.9 Å². The third kappa shape index (κ3) is 4.86. The number of amides is 1. The van der Waals surface area contributed by atoms with Gasteiger partial charge in [-0.05, 0) is 30.5 Å². The number of hydrogen-bond donors (Lipinski definition) is 0. The second-order valence-corrected chi connectivity index (χ2v) is 11.0. The van der Waals surface area contributed by atoms with Crippen LogP contribution in [0.15, 0.2) is 54.8 Å². The molecule has 1 aliphatic rings. The van der Waals surface area contributed by atoms with Gasteiger partial charge in [0.25, 0.3) is 0 Å². The Morgan fingerprint density at radius 1 is 1.19 bits per heavy atom. The van der Waals surface area contributed by atoms with Crippen LogP contribution >= 0.6 is 11.3 Å². The van der Waals surface area contributed by atoms with E-state index in [2.05, 4.69) is 11.6 Å².